The zero-order chi connectivity index (χ0) is 19.2. The highest BCUT2D eigenvalue weighted by molar-refractivity contribution is 14.0. The summed E-state index contributed by atoms with van der Waals surface area (Å²) in [4.78, 5) is 12.1. The lowest BCUT2D eigenvalue weighted by atomic mass is 10.2. The zero-order valence-electron chi connectivity index (χ0n) is 18.4. The van der Waals surface area contributed by atoms with Gasteiger partial charge in [-0.1, -0.05) is 19.8 Å². The number of aliphatic imine (C=N–C) groups is 1. The van der Waals surface area contributed by atoms with E-state index in [0.29, 0.717) is 0 Å². The van der Waals surface area contributed by atoms with E-state index in [2.05, 4.69) is 37.2 Å². The Morgan fingerprint density at radius 3 is 1.86 bits per heavy atom. The van der Waals surface area contributed by atoms with Crippen LogP contribution in [0.25, 0.3) is 0 Å². The number of guanidine groups is 1. The number of hydrogen-bond acceptors (Lipinski definition) is 4. The quantitative estimate of drug-likeness (QED) is 0.206. The molecule has 7 heteroatoms. The lowest BCUT2D eigenvalue weighted by molar-refractivity contribution is 0.136. The summed E-state index contributed by atoms with van der Waals surface area (Å²) in [7, 11) is 1.87. The molecule has 0 saturated carbocycles. The first-order chi connectivity index (χ1) is 13.3. The van der Waals surface area contributed by atoms with Crippen LogP contribution >= 0.6 is 24.0 Å². The number of nitrogens with zero attached hydrogens (tertiary/aromatic N) is 4. The molecule has 6 nitrogen and oxygen atoms in total. The first kappa shape index (κ1) is 25.9. The Balaban J connectivity index is 0.00000392. The predicted octanol–water partition coefficient (Wildman–Crippen LogP) is 2.45. The predicted molar refractivity (Wildman–Crippen MR) is 132 cm³/mol. The van der Waals surface area contributed by atoms with E-state index in [1.165, 1.54) is 104 Å². The Morgan fingerprint density at radius 2 is 1.25 bits per heavy atom. The molecule has 0 amide bonds. The lowest BCUT2D eigenvalue weighted by Crippen LogP contribution is -2.46. The number of piperazine rings is 1. The van der Waals surface area contributed by atoms with Crippen LogP contribution in [-0.2, 0) is 0 Å². The third kappa shape index (κ3) is 11.2. The molecule has 2 rings (SSSR count). The van der Waals surface area contributed by atoms with Gasteiger partial charge in [-0.25, -0.2) is 0 Å². The van der Waals surface area contributed by atoms with E-state index in [4.69, 9.17) is 0 Å². The van der Waals surface area contributed by atoms with Crippen LogP contribution < -0.4 is 10.6 Å². The second-order valence-electron chi connectivity index (χ2n) is 8.02. The maximum Gasteiger partial charge on any atom is 0.190 e. The van der Waals surface area contributed by atoms with Gasteiger partial charge in [-0.3, -0.25) is 4.99 Å². The standard InChI is InChI=1S/C21H44N6.HI/c1-3-25-17-19-27(20-18-25)15-9-6-11-23-21(22-2)24-12-10-16-26-13-7-4-5-8-14-26;/h3-20H2,1-2H3,(H2,22,23,24);1H. The van der Waals surface area contributed by atoms with Crippen LogP contribution in [0.5, 0.6) is 0 Å². The van der Waals surface area contributed by atoms with Crippen LogP contribution in [0.4, 0.5) is 0 Å². The Hall–Kier alpha value is -0.120. The molecule has 0 radical (unpaired) electrons. The van der Waals surface area contributed by atoms with Gasteiger partial charge >= 0.3 is 0 Å². The average molecular weight is 509 g/mol. The Labute approximate surface area is 190 Å². The van der Waals surface area contributed by atoms with E-state index in [9.17, 15) is 0 Å². The molecule has 2 N–H and O–H groups in total. The molecule has 0 atom stereocenters. The molecule has 0 unspecified atom stereocenters. The minimum absolute atomic E-state index is 0. The molecular formula is C21H45IN6. The summed E-state index contributed by atoms with van der Waals surface area (Å²) < 4.78 is 0. The van der Waals surface area contributed by atoms with Crippen LogP contribution in [0.2, 0.25) is 0 Å². The second-order valence-corrected chi connectivity index (χ2v) is 8.02. The third-order valence-corrected chi connectivity index (χ3v) is 5.97. The van der Waals surface area contributed by atoms with E-state index >= 15 is 0 Å². The van der Waals surface area contributed by atoms with Crippen molar-refractivity contribution in [2.75, 3.05) is 79.0 Å². The molecule has 0 aromatic heterocycles. The average Bonchev–Trinajstić information content (AvgIpc) is 2.98. The van der Waals surface area contributed by atoms with Gasteiger partial charge in [-0.2, -0.15) is 0 Å². The molecule has 28 heavy (non-hydrogen) atoms. The SMILES string of the molecule is CCN1CCN(CCCCNC(=NC)NCCCN2CCCCCC2)CC1.I. The van der Waals surface area contributed by atoms with Crippen molar-refractivity contribution in [3.8, 4) is 0 Å². The topological polar surface area (TPSA) is 46.1 Å². The number of likely N-dealkylation sites (N-methyl/N-ethyl adjacent to an activating group) is 1. The van der Waals surface area contributed by atoms with Gasteiger partial charge in [0.1, 0.15) is 0 Å². The zero-order valence-corrected chi connectivity index (χ0v) is 20.8. The number of rotatable bonds is 10. The molecule has 0 aromatic rings. The number of unbranched alkanes of at least 4 members (excludes halogenated alkanes) is 1. The van der Waals surface area contributed by atoms with Crippen molar-refractivity contribution >= 4 is 29.9 Å². The fourth-order valence-electron chi connectivity index (χ4n) is 4.09. The minimum atomic E-state index is 0. The Kier molecular flexibility index (Phi) is 15.4. The maximum absolute atomic E-state index is 4.36. The first-order valence-electron chi connectivity index (χ1n) is 11.4. The monoisotopic (exact) mass is 508 g/mol. The minimum Gasteiger partial charge on any atom is -0.356 e. The summed E-state index contributed by atoms with van der Waals surface area (Å²) in [5.41, 5.74) is 0. The summed E-state index contributed by atoms with van der Waals surface area (Å²) >= 11 is 0. The number of halogens is 1. The van der Waals surface area contributed by atoms with E-state index in [0.717, 1.165) is 19.0 Å². The largest absolute Gasteiger partial charge is 0.356 e. The molecule has 2 fully saturated rings. The van der Waals surface area contributed by atoms with Gasteiger partial charge in [0.25, 0.3) is 0 Å². The number of hydrogen-bond donors (Lipinski definition) is 2. The highest BCUT2D eigenvalue weighted by atomic mass is 127. The van der Waals surface area contributed by atoms with Gasteiger partial charge in [0, 0.05) is 46.3 Å². The van der Waals surface area contributed by atoms with Crippen LogP contribution in [0.1, 0.15) is 51.9 Å². The van der Waals surface area contributed by atoms with Crippen LogP contribution in [-0.4, -0.2) is 99.7 Å². The molecule has 2 aliphatic heterocycles. The van der Waals surface area contributed by atoms with Crippen molar-refractivity contribution in [1.29, 1.82) is 0 Å². The van der Waals surface area contributed by atoms with E-state index < -0.39 is 0 Å². The third-order valence-electron chi connectivity index (χ3n) is 5.97. The van der Waals surface area contributed by atoms with Crippen molar-refractivity contribution in [1.82, 2.24) is 25.3 Å². The van der Waals surface area contributed by atoms with Crippen molar-refractivity contribution in [3.63, 3.8) is 0 Å². The molecule has 2 aliphatic rings. The molecule has 0 bridgehead atoms. The van der Waals surface area contributed by atoms with Gasteiger partial charge in [0.15, 0.2) is 5.96 Å². The molecule has 2 heterocycles. The Bertz CT molecular complexity index is 390. The van der Waals surface area contributed by atoms with Gasteiger partial charge in [-0.05, 0) is 64.8 Å². The molecule has 2 saturated heterocycles. The highest BCUT2D eigenvalue weighted by Crippen LogP contribution is 2.09. The fourth-order valence-corrected chi connectivity index (χ4v) is 4.09. The van der Waals surface area contributed by atoms with Crippen LogP contribution in [0, 0.1) is 0 Å². The van der Waals surface area contributed by atoms with E-state index in [1.807, 2.05) is 7.05 Å². The lowest BCUT2D eigenvalue weighted by Gasteiger charge is -2.34. The second kappa shape index (κ2) is 16.7. The van der Waals surface area contributed by atoms with Crippen molar-refractivity contribution < 1.29 is 0 Å². The fraction of sp³-hybridized carbons (Fsp3) is 0.952. The number of likely N-dealkylation sites (tertiary alicyclic amines) is 1. The van der Waals surface area contributed by atoms with Gasteiger partial charge in [-0.15, -0.1) is 24.0 Å². The highest BCUT2D eigenvalue weighted by Gasteiger charge is 2.14. The summed E-state index contributed by atoms with van der Waals surface area (Å²) in [5.74, 6) is 0.961. The van der Waals surface area contributed by atoms with Crippen LogP contribution in [0.15, 0.2) is 4.99 Å². The maximum atomic E-state index is 4.36. The van der Waals surface area contributed by atoms with Gasteiger partial charge < -0.3 is 25.3 Å². The summed E-state index contributed by atoms with van der Waals surface area (Å²) in [5, 5.41) is 6.94. The van der Waals surface area contributed by atoms with Crippen molar-refractivity contribution in [3.05, 3.63) is 0 Å². The molecular weight excluding hydrogens is 463 g/mol. The molecule has 0 aromatic carbocycles. The van der Waals surface area contributed by atoms with Gasteiger partial charge in [0.2, 0.25) is 0 Å². The smallest absolute Gasteiger partial charge is 0.190 e. The molecule has 0 aliphatic carbocycles. The molecule has 166 valence electrons. The van der Waals surface area contributed by atoms with Crippen molar-refractivity contribution in [2.24, 2.45) is 4.99 Å². The van der Waals surface area contributed by atoms with Crippen LogP contribution in [0.3, 0.4) is 0 Å². The van der Waals surface area contributed by atoms with E-state index in [1.54, 1.807) is 0 Å². The van der Waals surface area contributed by atoms with Crippen molar-refractivity contribution in [2.45, 2.75) is 51.9 Å². The Morgan fingerprint density at radius 1 is 0.714 bits per heavy atom. The summed E-state index contributed by atoms with van der Waals surface area (Å²) in [6.45, 7) is 15.5. The summed E-state index contributed by atoms with van der Waals surface area (Å²) in [6.07, 6.45) is 9.27. The van der Waals surface area contributed by atoms with Gasteiger partial charge in [0.05, 0.1) is 0 Å². The summed E-state index contributed by atoms with van der Waals surface area (Å²) in [6, 6.07) is 0. The van der Waals surface area contributed by atoms with E-state index in [-0.39, 0.29) is 24.0 Å². The number of nitrogens with one attached hydrogen (secondary N) is 2. The normalized spacial score (nSPS) is 20.4. The first-order valence-corrected chi connectivity index (χ1v) is 11.4. The molecule has 0 spiro atoms.